The van der Waals surface area contributed by atoms with Gasteiger partial charge in [0.05, 0.1) is 6.04 Å². The fraction of sp³-hybridized carbons (Fsp3) is 0.429. The maximum atomic E-state index is 11.3. The zero-order chi connectivity index (χ0) is 13.1. The standard InChI is InChI=1S/C14H18N2O2/c1-9(17)15-12-7-11-5-3-4-6-13(11)14(8-12)16-10(2)18/h3-6,12,14H,7-8H2,1-2H3,(H,15,17)(H,16,18)/t12-,14-/m1/s1. The molecule has 0 saturated heterocycles. The van der Waals surface area contributed by atoms with Crippen LogP contribution in [0.4, 0.5) is 0 Å². The lowest BCUT2D eigenvalue weighted by Gasteiger charge is -2.32. The van der Waals surface area contributed by atoms with E-state index in [9.17, 15) is 9.59 Å². The molecule has 0 saturated carbocycles. The van der Waals surface area contributed by atoms with E-state index in [0.29, 0.717) is 0 Å². The normalized spacial score (nSPS) is 21.9. The lowest BCUT2D eigenvalue weighted by atomic mass is 9.84. The van der Waals surface area contributed by atoms with E-state index in [-0.39, 0.29) is 23.9 Å². The zero-order valence-corrected chi connectivity index (χ0v) is 10.7. The van der Waals surface area contributed by atoms with Crippen LogP contribution in [-0.4, -0.2) is 17.9 Å². The first-order valence-corrected chi connectivity index (χ1v) is 6.18. The van der Waals surface area contributed by atoms with Crippen molar-refractivity contribution in [2.24, 2.45) is 0 Å². The van der Waals surface area contributed by atoms with Crippen LogP contribution in [-0.2, 0) is 16.0 Å². The second kappa shape index (κ2) is 5.21. The van der Waals surface area contributed by atoms with Crippen LogP contribution in [0, 0.1) is 0 Å². The van der Waals surface area contributed by atoms with E-state index in [2.05, 4.69) is 16.7 Å². The van der Waals surface area contributed by atoms with Crippen LogP contribution in [0.1, 0.15) is 37.4 Å². The molecule has 4 heteroatoms. The number of fused-ring (bicyclic) bond motifs is 1. The van der Waals surface area contributed by atoms with Crippen LogP contribution in [0.2, 0.25) is 0 Å². The summed E-state index contributed by atoms with van der Waals surface area (Å²) in [7, 11) is 0. The Hall–Kier alpha value is -1.84. The number of rotatable bonds is 2. The Bertz CT molecular complexity index is 471. The van der Waals surface area contributed by atoms with Crippen LogP contribution in [0.5, 0.6) is 0 Å². The second-order valence-corrected chi connectivity index (χ2v) is 4.79. The maximum absolute atomic E-state index is 11.3. The fourth-order valence-electron chi connectivity index (χ4n) is 2.60. The largest absolute Gasteiger partial charge is 0.353 e. The Morgan fingerprint density at radius 3 is 2.44 bits per heavy atom. The van der Waals surface area contributed by atoms with Gasteiger partial charge in [-0.15, -0.1) is 0 Å². The lowest BCUT2D eigenvalue weighted by molar-refractivity contribution is -0.119. The molecule has 0 aromatic heterocycles. The summed E-state index contributed by atoms with van der Waals surface area (Å²) in [5.74, 6) is -0.0702. The van der Waals surface area contributed by atoms with Gasteiger partial charge in [-0.25, -0.2) is 0 Å². The molecule has 1 aliphatic carbocycles. The molecule has 4 nitrogen and oxygen atoms in total. The minimum Gasteiger partial charge on any atom is -0.353 e. The Labute approximate surface area is 107 Å². The summed E-state index contributed by atoms with van der Waals surface area (Å²) < 4.78 is 0. The van der Waals surface area contributed by atoms with Crippen LogP contribution >= 0.6 is 0 Å². The van der Waals surface area contributed by atoms with Crippen molar-refractivity contribution in [3.8, 4) is 0 Å². The Morgan fingerprint density at radius 2 is 1.78 bits per heavy atom. The first-order chi connectivity index (χ1) is 8.56. The first-order valence-electron chi connectivity index (χ1n) is 6.18. The third kappa shape index (κ3) is 2.88. The molecular weight excluding hydrogens is 228 g/mol. The summed E-state index contributed by atoms with van der Waals surface area (Å²) in [5.41, 5.74) is 2.36. The molecule has 0 radical (unpaired) electrons. The van der Waals surface area contributed by atoms with Crippen molar-refractivity contribution in [1.82, 2.24) is 10.6 Å². The molecule has 2 rings (SSSR count). The van der Waals surface area contributed by atoms with Crippen molar-refractivity contribution in [2.75, 3.05) is 0 Å². The monoisotopic (exact) mass is 246 g/mol. The van der Waals surface area contributed by atoms with Crippen molar-refractivity contribution in [1.29, 1.82) is 0 Å². The number of carbonyl (C=O) groups is 2. The number of carbonyl (C=O) groups excluding carboxylic acids is 2. The smallest absolute Gasteiger partial charge is 0.217 e. The molecule has 18 heavy (non-hydrogen) atoms. The van der Waals surface area contributed by atoms with Gasteiger partial charge < -0.3 is 10.6 Å². The second-order valence-electron chi connectivity index (χ2n) is 4.79. The molecular formula is C14H18N2O2. The first kappa shape index (κ1) is 12.6. The highest BCUT2D eigenvalue weighted by Gasteiger charge is 2.27. The summed E-state index contributed by atoms with van der Waals surface area (Å²) in [6.07, 6.45) is 1.57. The van der Waals surface area contributed by atoms with Gasteiger partial charge in [-0.05, 0) is 24.0 Å². The predicted molar refractivity (Wildman–Crippen MR) is 68.9 cm³/mol. The van der Waals surface area contributed by atoms with Crippen molar-refractivity contribution >= 4 is 11.8 Å². The van der Waals surface area contributed by atoms with Gasteiger partial charge in [0, 0.05) is 19.9 Å². The van der Waals surface area contributed by atoms with Gasteiger partial charge in [0.25, 0.3) is 0 Å². The molecule has 2 atom stereocenters. The number of nitrogens with one attached hydrogen (secondary N) is 2. The van der Waals surface area contributed by atoms with E-state index < -0.39 is 0 Å². The molecule has 0 aliphatic heterocycles. The number of benzene rings is 1. The molecule has 0 unspecified atom stereocenters. The van der Waals surface area contributed by atoms with Gasteiger partial charge in [-0.1, -0.05) is 24.3 Å². The molecule has 1 aromatic carbocycles. The predicted octanol–water partition coefficient (Wildman–Crippen LogP) is 1.31. The number of hydrogen-bond acceptors (Lipinski definition) is 2. The van der Waals surface area contributed by atoms with E-state index in [1.165, 1.54) is 19.4 Å². The van der Waals surface area contributed by atoms with Crippen LogP contribution in [0.3, 0.4) is 0 Å². The summed E-state index contributed by atoms with van der Waals surface area (Å²) in [5, 5.41) is 5.89. The Morgan fingerprint density at radius 1 is 1.11 bits per heavy atom. The summed E-state index contributed by atoms with van der Waals surface area (Å²) in [6, 6.07) is 8.14. The third-order valence-electron chi connectivity index (χ3n) is 3.20. The Kier molecular flexibility index (Phi) is 3.65. The molecule has 0 fully saturated rings. The van der Waals surface area contributed by atoms with Crippen molar-refractivity contribution in [3.63, 3.8) is 0 Å². The van der Waals surface area contributed by atoms with Gasteiger partial charge >= 0.3 is 0 Å². The average molecular weight is 246 g/mol. The molecule has 1 aromatic rings. The van der Waals surface area contributed by atoms with Gasteiger partial charge in [0.1, 0.15) is 0 Å². The highest BCUT2D eigenvalue weighted by Crippen LogP contribution is 2.29. The quantitative estimate of drug-likeness (QED) is 0.826. The maximum Gasteiger partial charge on any atom is 0.217 e. The van der Waals surface area contributed by atoms with Crippen LogP contribution < -0.4 is 10.6 Å². The summed E-state index contributed by atoms with van der Waals surface area (Å²) in [6.45, 7) is 3.04. The number of amides is 2. The van der Waals surface area contributed by atoms with E-state index in [1.54, 1.807) is 0 Å². The summed E-state index contributed by atoms with van der Waals surface area (Å²) in [4.78, 5) is 22.4. The minimum absolute atomic E-state index is 0.00991. The van der Waals surface area contributed by atoms with Crippen molar-refractivity contribution in [3.05, 3.63) is 35.4 Å². The van der Waals surface area contributed by atoms with E-state index >= 15 is 0 Å². The molecule has 96 valence electrons. The Balaban J connectivity index is 2.23. The van der Waals surface area contributed by atoms with Gasteiger partial charge in [-0.3, -0.25) is 9.59 Å². The SMILES string of the molecule is CC(=O)N[C@@H]1Cc2ccccc2[C@H](NC(C)=O)C1. The fourth-order valence-corrected chi connectivity index (χ4v) is 2.60. The van der Waals surface area contributed by atoms with Crippen LogP contribution in [0.25, 0.3) is 0 Å². The molecule has 1 aliphatic rings. The number of hydrogen-bond donors (Lipinski definition) is 2. The summed E-state index contributed by atoms with van der Waals surface area (Å²) >= 11 is 0. The third-order valence-corrected chi connectivity index (χ3v) is 3.20. The molecule has 2 N–H and O–H groups in total. The molecule has 0 bridgehead atoms. The van der Waals surface area contributed by atoms with Crippen molar-refractivity contribution < 1.29 is 9.59 Å². The van der Waals surface area contributed by atoms with E-state index in [4.69, 9.17) is 0 Å². The van der Waals surface area contributed by atoms with E-state index in [1.807, 2.05) is 18.2 Å². The van der Waals surface area contributed by atoms with E-state index in [0.717, 1.165) is 18.4 Å². The average Bonchev–Trinajstić information content (AvgIpc) is 2.27. The van der Waals surface area contributed by atoms with Crippen LogP contribution in [0.15, 0.2) is 24.3 Å². The minimum atomic E-state index is -0.0433. The highest BCUT2D eigenvalue weighted by molar-refractivity contribution is 5.74. The molecule has 0 heterocycles. The zero-order valence-electron chi connectivity index (χ0n) is 10.7. The highest BCUT2D eigenvalue weighted by atomic mass is 16.2. The topological polar surface area (TPSA) is 58.2 Å². The van der Waals surface area contributed by atoms with Gasteiger partial charge in [-0.2, -0.15) is 0 Å². The molecule has 0 spiro atoms. The van der Waals surface area contributed by atoms with Crippen molar-refractivity contribution in [2.45, 2.75) is 38.8 Å². The molecule has 2 amide bonds. The van der Waals surface area contributed by atoms with Gasteiger partial charge in [0.2, 0.25) is 11.8 Å². The lowest BCUT2D eigenvalue weighted by Crippen LogP contribution is -2.42. The van der Waals surface area contributed by atoms with Gasteiger partial charge in [0.15, 0.2) is 0 Å².